The molecular formula is C22H21Cl2N3O. The third kappa shape index (κ3) is 3.32. The standard InChI is InChI=1S/C22H21Cl2N3O/c1-28-19-12-18(26-17-8-3-2-6-13(17)19)21-14(7-4-5-11-25)20-15(23)9-10-16(24)22(20)27-21/h2-3,6,8-10,12,27H,4-5,7,11,25H2,1H3. The van der Waals surface area contributed by atoms with Gasteiger partial charge in [0.1, 0.15) is 5.75 Å². The number of rotatable bonds is 6. The number of methoxy groups -OCH3 is 1. The number of halogens is 2. The molecule has 28 heavy (non-hydrogen) atoms. The quantitative estimate of drug-likeness (QED) is 0.382. The maximum absolute atomic E-state index is 6.55. The summed E-state index contributed by atoms with van der Waals surface area (Å²) in [6, 6.07) is 13.5. The number of hydrogen-bond donors (Lipinski definition) is 2. The fourth-order valence-corrected chi connectivity index (χ4v) is 4.13. The molecule has 4 rings (SSSR count). The first-order chi connectivity index (χ1) is 13.6. The number of fused-ring (bicyclic) bond motifs is 2. The van der Waals surface area contributed by atoms with Gasteiger partial charge in [-0.25, -0.2) is 4.98 Å². The second kappa shape index (κ2) is 8.00. The van der Waals surface area contributed by atoms with E-state index in [1.165, 1.54) is 0 Å². The smallest absolute Gasteiger partial charge is 0.130 e. The van der Waals surface area contributed by atoms with Crippen LogP contribution in [0.4, 0.5) is 0 Å². The molecule has 0 aliphatic heterocycles. The molecule has 0 aliphatic rings. The minimum absolute atomic E-state index is 0.637. The Hall–Kier alpha value is -2.27. The Labute approximate surface area is 173 Å². The van der Waals surface area contributed by atoms with Gasteiger partial charge in [0.2, 0.25) is 0 Å². The van der Waals surface area contributed by atoms with Crippen molar-refractivity contribution in [3.63, 3.8) is 0 Å². The van der Waals surface area contributed by atoms with Gasteiger partial charge in [-0.2, -0.15) is 0 Å². The topological polar surface area (TPSA) is 63.9 Å². The Morgan fingerprint density at radius 2 is 1.86 bits per heavy atom. The van der Waals surface area contributed by atoms with Gasteiger partial charge in [0, 0.05) is 16.8 Å². The van der Waals surface area contributed by atoms with E-state index in [9.17, 15) is 0 Å². The number of nitrogens with zero attached hydrogens (tertiary/aromatic N) is 1. The monoisotopic (exact) mass is 413 g/mol. The van der Waals surface area contributed by atoms with Crippen molar-refractivity contribution in [1.29, 1.82) is 0 Å². The maximum Gasteiger partial charge on any atom is 0.130 e. The molecule has 3 N–H and O–H groups in total. The van der Waals surface area contributed by atoms with E-state index < -0.39 is 0 Å². The second-order valence-electron chi connectivity index (χ2n) is 6.73. The molecule has 2 aromatic carbocycles. The molecule has 4 aromatic rings. The average Bonchev–Trinajstić information content (AvgIpc) is 3.11. The number of benzene rings is 2. The summed E-state index contributed by atoms with van der Waals surface area (Å²) in [5, 5.41) is 3.25. The Morgan fingerprint density at radius 3 is 2.64 bits per heavy atom. The first-order valence-corrected chi connectivity index (χ1v) is 10.0. The van der Waals surface area contributed by atoms with E-state index in [1.54, 1.807) is 7.11 Å². The Kier molecular flexibility index (Phi) is 5.44. The highest BCUT2D eigenvalue weighted by Crippen LogP contribution is 2.39. The predicted molar refractivity (Wildman–Crippen MR) is 118 cm³/mol. The van der Waals surface area contributed by atoms with Gasteiger partial charge < -0.3 is 15.5 Å². The van der Waals surface area contributed by atoms with Crippen molar-refractivity contribution in [3.8, 4) is 17.1 Å². The maximum atomic E-state index is 6.55. The van der Waals surface area contributed by atoms with Crippen LogP contribution in [-0.4, -0.2) is 23.6 Å². The van der Waals surface area contributed by atoms with Gasteiger partial charge in [-0.1, -0.05) is 35.3 Å². The van der Waals surface area contributed by atoms with Gasteiger partial charge in [0.15, 0.2) is 0 Å². The lowest BCUT2D eigenvalue weighted by molar-refractivity contribution is 0.419. The number of nitrogens with two attached hydrogens (primary N) is 1. The minimum Gasteiger partial charge on any atom is -0.496 e. The van der Waals surface area contributed by atoms with Crippen LogP contribution in [0.25, 0.3) is 33.2 Å². The molecule has 0 unspecified atom stereocenters. The number of H-pyrrole nitrogens is 1. The summed E-state index contributed by atoms with van der Waals surface area (Å²) < 4.78 is 5.63. The first kappa shape index (κ1) is 19.1. The zero-order chi connectivity index (χ0) is 19.7. The summed E-state index contributed by atoms with van der Waals surface area (Å²) in [6.07, 6.45) is 2.74. The third-order valence-corrected chi connectivity index (χ3v) is 5.62. The van der Waals surface area contributed by atoms with Crippen LogP contribution >= 0.6 is 23.2 Å². The fraction of sp³-hybridized carbons (Fsp3) is 0.227. The SMILES string of the molecule is COc1cc(-c2[nH]c3c(Cl)ccc(Cl)c3c2CCCCN)nc2ccccc12. The molecule has 0 saturated heterocycles. The summed E-state index contributed by atoms with van der Waals surface area (Å²) >= 11 is 13.0. The van der Waals surface area contributed by atoms with Gasteiger partial charge in [0.25, 0.3) is 0 Å². The number of ether oxygens (including phenoxy) is 1. The normalized spacial score (nSPS) is 11.4. The lowest BCUT2D eigenvalue weighted by Crippen LogP contribution is -2.00. The van der Waals surface area contributed by atoms with Crippen molar-refractivity contribution in [2.24, 2.45) is 5.73 Å². The van der Waals surface area contributed by atoms with Gasteiger partial charge in [0.05, 0.1) is 39.6 Å². The van der Waals surface area contributed by atoms with E-state index in [2.05, 4.69) is 4.98 Å². The van der Waals surface area contributed by atoms with E-state index in [4.69, 9.17) is 38.7 Å². The molecule has 6 heteroatoms. The number of nitrogens with one attached hydrogen (secondary N) is 1. The molecule has 144 valence electrons. The molecule has 0 atom stereocenters. The molecular weight excluding hydrogens is 393 g/mol. The molecule has 2 aromatic heterocycles. The number of pyridine rings is 1. The lowest BCUT2D eigenvalue weighted by atomic mass is 10.0. The number of para-hydroxylation sites is 1. The van der Waals surface area contributed by atoms with Crippen molar-refractivity contribution in [2.45, 2.75) is 19.3 Å². The number of aromatic nitrogens is 2. The van der Waals surface area contributed by atoms with Gasteiger partial charge in [-0.3, -0.25) is 0 Å². The first-order valence-electron chi connectivity index (χ1n) is 9.26. The van der Waals surface area contributed by atoms with Crippen LogP contribution in [0.1, 0.15) is 18.4 Å². The van der Waals surface area contributed by atoms with Crippen LogP contribution < -0.4 is 10.5 Å². The Balaban J connectivity index is 1.97. The number of hydrogen-bond acceptors (Lipinski definition) is 3. The molecule has 0 amide bonds. The third-order valence-electron chi connectivity index (χ3n) is 4.99. The lowest BCUT2D eigenvalue weighted by Gasteiger charge is -2.10. The zero-order valence-corrected chi connectivity index (χ0v) is 17.1. The average molecular weight is 414 g/mol. The number of aryl methyl sites for hydroxylation is 1. The van der Waals surface area contributed by atoms with Gasteiger partial charge in [-0.05, 0) is 55.6 Å². The van der Waals surface area contributed by atoms with Crippen molar-refractivity contribution < 1.29 is 4.74 Å². The second-order valence-corrected chi connectivity index (χ2v) is 7.54. The predicted octanol–water partition coefficient (Wildman–Crippen LogP) is 5.98. The summed E-state index contributed by atoms with van der Waals surface area (Å²) in [5.41, 5.74) is 10.3. The summed E-state index contributed by atoms with van der Waals surface area (Å²) in [6.45, 7) is 0.661. The highest BCUT2D eigenvalue weighted by Gasteiger charge is 2.19. The zero-order valence-electron chi connectivity index (χ0n) is 15.6. The Morgan fingerprint density at radius 1 is 1.07 bits per heavy atom. The van der Waals surface area contributed by atoms with Gasteiger partial charge >= 0.3 is 0 Å². The molecule has 0 saturated carbocycles. The van der Waals surface area contributed by atoms with Crippen molar-refractivity contribution in [3.05, 3.63) is 58.1 Å². The van der Waals surface area contributed by atoms with Crippen molar-refractivity contribution >= 4 is 45.0 Å². The molecule has 0 fully saturated rings. The van der Waals surface area contributed by atoms with Crippen molar-refractivity contribution in [2.75, 3.05) is 13.7 Å². The van der Waals surface area contributed by atoms with E-state index >= 15 is 0 Å². The van der Waals surface area contributed by atoms with Crippen LogP contribution in [0.3, 0.4) is 0 Å². The van der Waals surface area contributed by atoms with Crippen LogP contribution in [0.2, 0.25) is 10.0 Å². The summed E-state index contributed by atoms with van der Waals surface area (Å²) in [5.74, 6) is 0.782. The highest BCUT2D eigenvalue weighted by atomic mass is 35.5. The van der Waals surface area contributed by atoms with Crippen molar-refractivity contribution in [1.82, 2.24) is 9.97 Å². The van der Waals surface area contributed by atoms with Crippen LogP contribution in [0.15, 0.2) is 42.5 Å². The molecule has 0 radical (unpaired) electrons. The summed E-state index contributed by atoms with van der Waals surface area (Å²) in [4.78, 5) is 8.34. The van der Waals surface area contributed by atoms with E-state index in [-0.39, 0.29) is 0 Å². The van der Waals surface area contributed by atoms with E-state index in [1.807, 2.05) is 42.5 Å². The van der Waals surface area contributed by atoms with Crippen LogP contribution in [-0.2, 0) is 6.42 Å². The molecule has 0 spiro atoms. The molecule has 0 aliphatic carbocycles. The van der Waals surface area contributed by atoms with Crippen LogP contribution in [0.5, 0.6) is 5.75 Å². The number of unbranched alkanes of at least 4 members (excludes halogenated alkanes) is 1. The number of aromatic amines is 1. The van der Waals surface area contributed by atoms with E-state index in [0.29, 0.717) is 16.6 Å². The molecule has 4 nitrogen and oxygen atoms in total. The summed E-state index contributed by atoms with van der Waals surface area (Å²) in [7, 11) is 1.67. The van der Waals surface area contributed by atoms with Crippen LogP contribution in [0, 0.1) is 0 Å². The minimum atomic E-state index is 0.637. The Bertz CT molecular complexity index is 1150. The fourth-order valence-electron chi connectivity index (χ4n) is 3.65. The highest BCUT2D eigenvalue weighted by molar-refractivity contribution is 6.40. The largest absolute Gasteiger partial charge is 0.496 e. The molecule has 2 heterocycles. The van der Waals surface area contributed by atoms with E-state index in [0.717, 1.165) is 63.8 Å². The van der Waals surface area contributed by atoms with Gasteiger partial charge in [-0.15, -0.1) is 0 Å². The molecule has 0 bridgehead atoms.